The number of likely N-dealkylation sites (N-methyl/N-ethyl adjacent to an activating group) is 1. The van der Waals surface area contributed by atoms with Crippen molar-refractivity contribution >= 4 is 45.0 Å². The number of halogens is 1. The molecule has 0 saturated carbocycles. The molecule has 2 aromatic heterocycles. The van der Waals surface area contributed by atoms with Crippen LogP contribution >= 0.6 is 11.3 Å². The number of carbonyl (C=O) groups excluding carboxylic acids is 3. The minimum Gasteiger partial charge on any atom is -0.339 e. The SMILES string of the molecule is Cc1noc(-c2ccccc2C(=O)Nc2ccc3nc(C(=O)N[C@H](C(=O)N(C)Cc4ccc(F)cc4)c4ccccc4)sc3c2)n1. The van der Waals surface area contributed by atoms with E-state index in [1.54, 1.807) is 92.8 Å². The summed E-state index contributed by atoms with van der Waals surface area (Å²) in [5.41, 5.74) is 3.28. The molecule has 6 rings (SSSR count). The lowest BCUT2D eigenvalue weighted by Crippen LogP contribution is -2.41. The van der Waals surface area contributed by atoms with Gasteiger partial charge in [0.15, 0.2) is 10.8 Å². The summed E-state index contributed by atoms with van der Waals surface area (Å²) in [5, 5.41) is 9.70. The van der Waals surface area contributed by atoms with Crippen LogP contribution in [0.5, 0.6) is 0 Å². The van der Waals surface area contributed by atoms with Gasteiger partial charge in [0, 0.05) is 19.3 Å². The number of nitrogens with one attached hydrogen (secondary N) is 2. The van der Waals surface area contributed by atoms with E-state index in [1.807, 2.05) is 6.07 Å². The fourth-order valence-corrected chi connectivity index (χ4v) is 5.77. The summed E-state index contributed by atoms with van der Waals surface area (Å²) >= 11 is 1.14. The summed E-state index contributed by atoms with van der Waals surface area (Å²) in [7, 11) is 1.63. The number of benzene rings is 4. The highest BCUT2D eigenvalue weighted by molar-refractivity contribution is 7.20. The van der Waals surface area contributed by atoms with Gasteiger partial charge < -0.3 is 20.1 Å². The monoisotopic (exact) mass is 634 g/mol. The molecule has 2 N–H and O–H groups in total. The van der Waals surface area contributed by atoms with Crippen molar-refractivity contribution in [3.63, 3.8) is 0 Å². The number of amides is 3. The Hall–Kier alpha value is -5.75. The van der Waals surface area contributed by atoms with Crippen molar-refractivity contribution in [2.24, 2.45) is 0 Å². The second-order valence-corrected chi connectivity index (χ2v) is 11.5. The molecule has 0 radical (unpaired) electrons. The summed E-state index contributed by atoms with van der Waals surface area (Å²) in [6.07, 6.45) is 0. The van der Waals surface area contributed by atoms with E-state index < -0.39 is 11.9 Å². The van der Waals surface area contributed by atoms with Gasteiger partial charge in [-0.15, -0.1) is 11.3 Å². The van der Waals surface area contributed by atoms with Crippen LogP contribution in [0.4, 0.5) is 10.1 Å². The van der Waals surface area contributed by atoms with Gasteiger partial charge in [0.1, 0.15) is 11.9 Å². The van der Waals surface area contributed by atoms with Crippen molar-refractivity contribution in [2.75, 3.05) is 12.4 Å². The van der Waals surface area contributed by atoms with Crippen LogP contribution in [0.25, 0.3) is 21.7 Å². The summed E-state index contributed by atoms with van der Waals surface area (Å²) in [6, 6.07) is 25.9. The maximum Gasteiger partial charge on any atom is 0.281 e. The molecule has 0 spiro atoms. The van der Waals surface area contributed by atoms with E-state index in [9.17, 15) is 18.8 Å². The van der Waals surface area contributed by atoms with E-state index >= 15 is 0 Å². The first kappa shape index (κ1) is 30.3. The average molecular weight is 635 g/mol. The second kappa shape index (κ2) is 13.1. The van der Waals surface area contributed by atoms with Gasteiger partial charge >= 0.3 is 0 Å². The Kier molecular flexibility index (Phi) is 8.61. The molecule has 10 nitrogen and oxygen atoms in total. The standard InChI is InChI=1S/C34H27FN6O4S/c1-20-36-32(45-40-20)26-11-7-6-10-25(26)30(42)37-24-16-17-27-28(18-24)46-33(38-27)31(43)39-29(22-8-4-3-5-9-22)34(44)41(2)19-21-12-14-23(35)15-13-21/h3-18,29H,19H2,1-2H3,(H,37,42)(H,39,43)/t29-/m0/s1. The Balaban J connectivity index is 1.20. The van der Waals surface area contributed by atoms with E-state index in [1.165, 1.54) is 17.0 Å². The highest BCUT2D eigenvalue weighted by atomic mass is 32.1. The van der Waals surface area contributed by atoms with Gasteiger partial charge in [-0.3, -0.25) is 14.4 Å². The number of hydrogen-bond donors (Lipinski definition) is 2. The van der Waals surface area contributed by atoms with Crippen LogP contribution < -0.4 is 10.6 Å². The van der Waals surface area contributed by atoms with Gasteiger partial charge in [-0.25, -0.2) is 9.37 Å². The van der Waals surface area contributed by atoms with E-state index in [0.29, 0.717) is 38.4 Å². The molecule has 4 aromatic carbocycles. The van der Waals surface area contributed by atoms with Gasteiger partial charge in [0.05, 0.1) is 21.3 Å². The minimum absolute atomic E-state index is 0.158. The Morgan fingerprint density at radius 2 is 1.65 bits per heavy atom. The zero-order valence-corrected chi connectivity index (χ0v) is 25.5. The van der Waals surface area contributed by atoms with Gasteiger partial charge in [-0.1, -0.05) is 59.8 Å². The van der Waals surface area contributed by atoms with Crippen molar-refractivity contribution in [3.8, 4) is 11.5 Å². The quantitative estimate of drug-likeness (QED) is 0.194. The van der Waals surface area contributed by atoms with E-state index in [-0.39, 0.29) is 35.1 Å². The van der Waals surface area contributed by atoms with Crippen molar-refractivity contribution in [2.45, 2.75) is 19.5 Å². The smallest absolute Gasteiger partial charge is 0.281 e. The van der Waals surface area contributed by atoms with Crippen LogP contribution in [0.15, 0.2) is 102 Å². The van der Waals surface area contributed by atoms with E-state index in [0.717, 1.165) is 16.9 Å². The van der Waals surface area contributed by atoms with Crippen LogP contribution in [0, 0.1) is 12.7 Å². The molecule has 1 atom stereocenters. The number of thiazole rings is 1. The maximum absolute atomic E-state index is 13.6. The second-order valence-electron chi connectivity index (χ2n) is 10.5. The third kappa shape index (κ3) is 6.66. The highest BCUT2D eigenvalue weighted by Crippen LogP contribution is 2.28. The fraction of sp³-hybridized carbons (Fsp3) is 0.118. The number of anilines is 1. The number of rotatable bonds is 9. The van der Waals surface area contributed by atoms with E-state index in [4.69, 9.17) is 4.52 Å². The summed E-state index contributed by atoms with van der Waals surface area (Å²) in [6.45, 7) is 1.93. The highest BCUT2D eigenvalue weighted by Gasteiger charge is 2.27. The summed E-state index contributed by atoms with van der Waals surface area (Å²) in [5.74, 6) is -0.901. The van der Waals surface area contributed by atoms with Gasteiger partial charge in [0.25, 0.3) is 17.7 Å². The van der Waals surface area contributed by atoms with Crippen LogP contribution in [0.2, 0.25) is 0 Å². The molecule has 0 aliphatic heterocycles. The topological polar surface area (TPSA) is 130 Å². The molecule has 0 unspecified atom stereocenters. The Labute approximate surface area is 266 Å². The first-order valence-electron chi connectivity index (χ1n) is 14.2. The molecule has 0 aliphatic carbocycles. The summed E-state index contributed by atoms with van der Waals surface area (Å²) < 4.78 is 19.3. The van der Waals surface area contributed by atoms with Crippen molar-refractivity contribution < 1.29 is 23.3 Å². The predicted octanol–water partition coefficient (Wildman–Crippen LogP) is 6.18. The number of carbonyl (C=O) groups is 3. The number of hydrogen-bond acceptors (Lipinski definition) is 8. The first-order chi connectivity index (χ1) is 22.2. The number of aryl methyl sites for hydroxylation is 1. The molecule has 46 heavy (non-hydrogen) atoms. The van der Waals surface area contributed by atoms with Crippen LogP contribution in [0.3, 0.4) is 0 Å². The zero-order valence-electron chi connectivity index (χ0n) is 24.7. The average Bonchev–Trinajstić information content (AvgIpc) is 3.70. The van der Waals surface area contributed by atoms with Crippen LogP contribution in [-0.4, -0.2) is 44.8 Å². The van der Waals surface area contributed by atoms with Crippen molar-refractivity contribution in [1.82, 2.24) is 25.3 Å². The Bertz CT molecular complexity index is 2040. The zero-order chi connectivity index (χ0) is 32.2. The Morgan fingerprint density at radius 1 is 0.913 bits per heavy atom. The number of nitrogens with zero attached hydrogens (tertiary/aromatic N) is 4. The molecular weight excluding hydrogens is 607 g/mol. The predicted molar refractivity (Wildman–Crippen MR) is 172 cm³/mol. The molecule has 12 heteroatoms. The minimum atomic E-state index is -0.983. The first-order valence-corrected chi connectivity index (χ1v) is 15.0. The largest absolute Gasteiger partial charge is 0.339 e. The van der Waals surface area contributed by atoms with Gasteiger partial charge in [0.2, 0.25) is 5.91 Å². The lowest BCUT2D eigenvalue weighted by Gasteiger charge is -2.25. The molecule has 6 aromatic rings. The lowest BCUT2D eigenvalue weighted by atomic mass is 10.1. The molecular formula is C34H27FN6O4S. The molecule has 230 valence electrons. The molecule has 0 saturated heterocycles. The summed E-state index contributed by atoms with van der Waals surface area (Å²) in [4.78, 5) is 50.5. The Morgan fingerprint density at radius 3 is 2.39 bits per heavy atom. The molecule has 3 amide bonds. The molecule has 2 heterocycles. The third-order valence-electron chi connectivity index (χ3n) is 7.13. The van der Waals surface area contributed by atoms with E-state index in [2.05, 4.69) is 25.8 Å². The number of aromatic nitrogens is 3. The van der Waals surface area contributed by atoms with Gasteiger partial charge in [-0.05, 0) is 60.5 Å². The van der Waals surface area contributed by atoms with Crippen molar-refractivity contribution in [3.05, 3.63) is 130 Å². The third-order valence-corrected chi connectivity index (χ3v) is 8.15. The van der Waals surface area contributed by atoms with Gasteiger partial charge in [-0.2, -0.15) is 4.98 Å². The van der Waals surface area contributed by atoms with Crippen LogP contribution in [-0.2, 0) is 11.3 Å². The molecule has 0 aliphatic rings. The lowest BCUT2D eigenvalue weighted by molar-refractivity contribution is -0.132. The fourth-order valence-electron chi connectivity index (χ4n) is 4.86. The van der Waals surface area contributed by atoms with Crippen LogP contribution in [0.1, 0.15) is 43.2 Å². The maximum atomic E-state index is 13.6. The molecule has 0 fully saturated rings. The van der Waals surface area contributed by atoms with Crippen molar-refractivity contribution in [1.29, 1.82) is 0 Å². The normalized spacial score (nSPS) is 11.6. The molecule has 0 bridgehead atoms. The number of fused-ring (bicyclic) bond motifs is 1.